The predicted octanol–water partition coefficient (Wildman–Crippen LogP) is 5.50. The van der Waals surface area contributed by atoms with Crippen molar-refractivity contribution in [3.63, 3.8) is 0 Å². The summed E-state index contributed by atoms with van der Waals surface area (Å²) >= 11 is 1.52. The standard InChI is InChI=1S/C22H18N2O2S/c1-15(2)13-26-18-10-8-16(9-11-18)20-14-27-22-23-21(19(12-25)24(20)22)17-6-4-3-5-7-17/h3-12,14H,1,13H2,2H3. The number of aromatic nitrogens is 2. The minimum atomic E-state index is 0.499. The van der Waals surface area contributed by atoms with E-state index in [0.29, 0.717) is 18.0 Å². The van der Waals surface area contributed by atoms with Crippen LogP contribution in [-0.4, -0.2) is 22.3 Å². The van der Waals surface area contributed by atoms with Crippen LogP contribution in [0.5, 0.6) is 5.75 Å². The Kier molecular flexibility index (Phi) is 4.60. The zero-order valence-electron chi connectivity index (χ0n) is 14.9. The van der Waals surface area contributed by atoms with Crippen LogP contribution in [0.25, 0.3) is 27.5 Å². The summed E-state index contributed by atoms with van der Waals surface area (Å²) in [6.07, 6.45) is 0.878. The Morgan fingerprint density at radius 3 is 2.56 bits per heavy atom. The molecule has 0 unspecified atom stereocenters. The number of nitrogens with zero attached hydrogens (tertiary/aromatic N) is 2. The molecule has 5 heteroatoms. The van der Waals surface area contributed by atoms with Gasteiger partial charge >= 0.3 is 0 Å². The van der Waals surface area contributed by atoms with Crippen molar-refractivity contribution in [2.75, 3.05) is 6.61 Å². The molecule has 4 aromatic rings. The maximum atomic E-state index is 11.9. The van der Waals surface area contributed by atoms with Gasteiger partial charge in [0.2, 0.25) is 0 Å². The van der Waals surface area contributed by atoms with E-state index in [4.69, 9.17) is 4.74 Å². The number of ether oxygens (including phenoxy) is 1. The highest BCUT2D eigenvalue weighted by atomic mass is 32.1. The Labute approximate surface area is 161 Å². The summed E-state index contributed by atoms with van der Waals surface area (Å²) < 4.78 is 7.58. The molecule has 0 amide bonds. The van der Waals surface area contributed by atoms with Crippen LogP contribution in [-0.2, 0) is 0 Å². The zero-order valence-corrected chi connectivity index (χ0v) is 15.7. The molecule has 4 nitrogen and oxygen atoms in total. The van der Waals surface area contributed by atoms with Gasteiger partial charge in [-0.15, -0.1) is 11.3 Å². The molecule has 0 saturated carbocycles. The maximum absolute atomic E-state index is 11.9. The van der Waals surface area contributed by atoms with Crippen LogP contribution in [0, 0.1) is 0 Å². The molecule has 2 aromatic carbocycles. The first-order valence-corrected chi connectivity index (χ1v) is 9.43. The van der Waals surface area contributed by atoms with E-state index in [-0.39, 0.29) is 0 Å². The zero-order chi connectivity index (χ0) is 18.8. The maximum Gasteiger partial charge on any atom is 0.195 e. The molecule has 0 fully saturated rings. The summed E-state index contributed by atoms with van der Waals surface area (Å²) in [6, 6.07) is 17.6. The topological polar surface area (TPSA) is 43.6 Å². The lowest BCUT2D eigenvalue weighted by Gasteiger charge is -2.07. The fourth-order valence-corrected chi connectivity index (χ4v) is 3.83. The monoisotopic (exact) mass is 374 g/mol. The largest absolute Gasteiger partial charge is 0.489 e. The molecule has 0 aliphatic rings. The van der Waals surface area contributed by atoms with Gasteiger partial charge in [-0.1, -0.05) is 36.9 Å². The van der Waals surface area contributed by atoms with Gasteiger partial charge in [0.15, 0.2) is 11.2 Å². The third-order valence-corrected chi connectivity index (χ3v) is 5.02. The van der Waals surface area contributed by atoms with Crippen LogP contribution in [0.3, 0.4) is 0 Å². The molecule has 0 saturated heterocycles. The SMILES string of the molecule is C=C(C)COc1ccc(-c2csc3nc(-c4ccccc4)c(C=O)n23)cc1. The van der Waals surface area contributed by atoms with Crippen LogP contribution in [0.2, 0.25) is 0 Å². The summed E-state index contributed by atoms with van der Waals surface area (Å²) in [4.78, 5) is 17.4. The highest BCUT2D eigenvalue weighted by Crippen LogP contribution is 2.32. The molecule has 2 heterocycles. The Morgan fingerprint density at radius 1 is 1.15 bits per heavy atom. The molecule has 0 N–H and O–H groups in total. The lowest BCUT2D eigenvalue weighted by atomic mass is 10.1. The van der Waals surface area contributed by atoms with Crippen LogP contribution in [0.15, 0.2) is 72.1 Å². The van der Waals surface area contributed by atoms with Crippen LogP contribution in [0.1, 0.15) is 17.4 Å². The molecule has 134 valence electrons. The second-order valence-corrected chi connectivity index (χ2v) is 7.18. The van der Waals surface area contributed by atoms with Crippen LogP contribution >= 0.6 is 11.3 Å². The number of hydrogen-bond acceptors (Lipinski definition) is 4. The molecular formula is C22H18N2O2S. The first kappa shape index (κ1) is 17.2. The van der Waals surface area contributed by atoms with Crippen molar-refractivity contribution in [2.45, 2.75) is 6.92 Å². The quantitative estimate of drug-likeness (QED) is 0.331. The van der Waals surface area contributed by atoms with Gasteiger partial charge in [-0.25, -0.2) is 4.98 Å². The first-order chi connectivity index (χ1) is 13.2. The fraction of sp³-hybridized carbons (Fsp3) is 0.0909. The Hall–Kier alpha value is -3.18. The Morgan fingerprint density at radius 2 is 1.89 bits per heavy atom. The summed E-state index contributed by atoms with van der Waals surface area (Å²) in [5.74, 6) is 0.791. The van der Waals surface area contributed by atoms with E-state index in [0.717, 1.165) is 39.4 Å². The van der Waals surface area contributed by atoms with Gasteiger partial charge in [-0.2, -0.15) is 0 Å². The number of thiazole rings is 1. The number of carbonyl (C=O) groups excluding carboxylic acids is 1. The molecule has 0 bridgehead atoms. The van der Waals surface area contributed by atoms with Crippen molar-refractivity contribution in [1.29, 1.82) is 0 Å². The molecule has 27 heavy (non-hydrogen) atoms. The van der Waals surface area contributed by atoms with E-state index >= 15 is 0 Å². The Bertz CT molecular complexity index is 1110. The lowest BCUT2D eigenvalue weighted by molar-refractivity contribution is 0.111. The van der Waals surface area contributed by atoms with E-state index < -0.39 is 0 Å². The molecule has 0 aliphatic heterocycles. The van der Waals surface area contributed by atoms with E-state index in [2.05, 4.69) is 11.6 Å². The van der Waals surface area contributed by atoms with Crippen LogP contribution in [0.4, 0.5) is 0 Å². The molecule has 0 spiro atoms. The minimum Gasteiger partial charge on any atom is -0.489 e. The molecule has 2 aromatic heterocycles. The summed E-state index contributed by atoms with van der Waals surface area (Å²) in [6.45, 7) is 6.27. The van der Waals surface area contributed by atoms with Gasteiger partial charge in [0.25, 0.3) is 0 Å². The third-order valence-electron chi connectivity index (χ3n) is 4.19. The molecule has 4 rings (SSSR count). The van der Waals surface area contributed by atoms with Gasteiger partial charge < -0.3 is 4.74 Å². The van der Waals surface area contributed by atoms with Crippen molar-refractivity contribution < 1.29 is 9.53 Å². The predicted molar refractivity (Wildman–Crippen MR) is 110 cm³/mol. The number of fused-ring (bicyclic) bond motifs is 1. The van der Waals surface area contributed by atoms with Gasteiger partial charge in [0.05, 0.1) is 5.69 Å². The van der Waals surface area contributed by atoms with Crippen molar-refractivity contribution in [2.24, 2.45) is 0 Å². The van der Waals surface area contributed by atoms with Crippen molar-refractivity contribution >= 4 is 22.6 Å². The molecule has 0 atom stereocenters. The van der Waals surface area contributed by atoms with Gasteiger partial charge in [0, 0.05) is 10.9 Å². The number of imidazole rings is 1. The number of aldehydes is 1. The fourth-order valence-electron chi connectivity index (χ4n) is 2.93. The summed E-state index contributed by atoms with van der Waals surface area (Å²) in [5.41, 5.74) is 5.13. The normalized spacial score (nSPS) is 10.9. The summed E-state index contributed by atoms with van der Waals surface area (Å²) in [5, 5.41) is 2.02. The number of rotatable bonds is 6. The van der Waals surface area contributed by atoms with E-state index in [9.17, 15) is 4.79 Å². The average molecular weight is 374 g/mol. The van der Waals surface area contributed by atoms with Crippen molar-refractivity contribution in [3.05, 3.63) is 77.8 Å². The number of benzene rings is 2. The molecule has 0 aliphatic carbocycles. The highest BCUT2D eigenvalue weighted by molar-refractivity contribution is 7.15. The van der Waals surface area contributed by atoms with Gasteiger partial charge in [-0.05, 0) is 42.3 Å². The molecular weight excluding hydrogens is 356 g/mol. The van der Waals surface area contributed by atoms with Gasteiger partial charge in [-0.3, -0.25) is 9.20 Å². The third kappa shape index (κ3) is 3.29. The first-order valence-electron chi connectivity index (χ1n) is 8.55. The van der Waals surface area contributed by atoms with Crippen molar-refractivity contribution in [1.82, 2.24) is 9.38 Å². The average Bonchev–Trinajstić information content (AvgIpc) is 3.26. The van der Waals surface area contributed by atoms with E-state index in [1.807, 2.05) is 71.3 Å². The highest BCUT2D eigenvalue weighted by Gasteiger charge is 2.18. The second kappa shape index (κ2) is 7.21. The second-order valence-electron chi connectivity index (χ2n) is 6.34. The molecule has 0 radical (unpaired) electrons. The Balaban J connectivity index is 1.76. The van der Waals surface area contributed by atoms with Crippen molar-refractivity contribution in [3.8, 4) is 28.3 Å². The number of hydrogen-bond donors (Lipinski definition) is 0. The van der Waals surface area contributed by atoms with E-state index in [1.165, 1.54) is 11.3 Å². The summed E-state index contributed by atoms with van der Waals surface area (Å²) in [7, 11) is 0. The lowest BCUT2D eigenvalue weighted by Crippen LogP contribution is -1.97. The van der Waals surface area contributed by atoms with Gasteiger partial charge in [0.1, 0.15) is 23.7 Å². The minimum absolute atomic E-state index is 0.499. The smallest absolute Gasteiger partial charge is 0.195 e. The van der Waals surface area contributed by atoms with E-state index in [1.54, 1.807) is 0 Å². The number of carbonyl (C=O) groups is 1. The van der Waals surface area contributed by atoms with Crippen LogP contribution < -0.4 is 4.74 Å².